The van der Waals surface area contributed by atoms with Crippen LogP contribution in [0.25, 0.3) is 0 Å². The van der Waals surface area contributed by atoms with E-state index in [0.717, 1.165) is 38.5 Å². The van der Waals surface area contributed by atoms with E-state index < -0.39 is 17.8 Å². The largest absolute Gasteiger partial charge is 0.336 e. The summed E-state index contributed by atoms with van der Waals surface area (Å²) in [6.45, 7) is 4.97. The van der Waals surface area contributed by atoms with Crippen molar-refractivity contribution in [1.82, 2.24) is 20.0 Å². The maximum absolute atomic E-state index is 14.7. The fraction of sp³-hybridized carbons (Fsp3) is 0.600. The maximum atomic E-state index is 14.7. The van der Waals surface area contributed by atoms with Gasteiger partial charge in [0.2, 0.25) is 11.8 Å². The third kappa shape index (κ3) is 4.65. The summed E-state index contributed by atoms with van der Waals surface area (Å²) in [4.78, 5) is 55.5. The predicted octanol–water partition coefficient (Wildman–Crippen LogP) is 2.91. The molecule has 8 nitrogen and oxygen atoms in total. The van der Waals surface area contributed by atoms with Crippen molar-refractivity contribution in [1.29, 1.82) is 0 Å². The van der Waals surface area contributed by atoms with Crippen LogP contribution in [0.15, 0.2) is 18.2 Å². The third-order valence-electron chi connectivity index (χ3n) is 7.50. The van der Waals surface area contributed by atoms with E-state index in [1.807, 2.05) is 18.7 Å². The van der Waals surface area contributed by atoms with Crippen molar-refractivity contribution in [2.45, 2.75) is 71.0 Å². The number of urea groups is 1. The molecular weight excluding hydrogens is 439 g/mol. The third-order valence-corrected chi connectivity index (χ3v) is 7.50. The molecule has 2 unspecified atom stereocenters. The molecule has 9 heteroatoms. The lowest BCUT2D eigenvalue weighted by Crippen LogP contribution is -2.60. The van der Waals surface area contributed by atoms with Gasteiger partial charge in [0.05, 0.1) is 11.5 Å². The molecule has 3 fully saturated rings. The van der Waals surface area contributed by atoms with Crippen LogP contribution >= 0.6 is 0 Å². The molecule has 184 valence electrons. The zero-order chi connectivity index (χ0) is 24.4. The first-order valence-electron chi connectivity index (χ1n) is 12.3. The Balaban J connectivity index is 1.49. The van der Waals surface area contributed by atoms with Crippen LogP contribution in [-0.2, 0) is 16.1 Å². The minimum Gasteiger partial charge on any atom is -0.336 e. The van der Waals surface area contributed by atoms with Crippen LogP contribution in [0.5, 0.6) is 0 Å². The predicted molar refractivity (Wildman–Crippen MR) is 123 cm³/mol. The summed E-state index contributed by atoms with van der Waals surface area (Å²) < 4.78 is 14.7. The minimum atomic E-state index is -0.655. The molecule has 2 heterocycles. The molecule has 5 amide bonds. The highest BCUT2D eigenvalue weighted by Crippen LogP contribution is 2.32. The van der Waals surface area contributed by atoms with E-state index in [0.29, 0.717) is 18.7 Å². The van der Waals surface area contributed by atoms with E-state index in [9.17, 15) is 23.6 Å². The zero-order valence-electron chi connectivity index (χ0n) is 19.9. The Hall–Kier alpha value is -2.97. The van der Waals surface area contributed by atoms with Crippen molar-refractivity contribution in [3.63, 3.8) is 0 Å². The maximum Gasteiger partial charge on any atom is 0.324 e. The van der Waals surface area contributed by atoms with Gasteiger partial charge in [0.25, 0.3) is 5.91 Å². The van der Waals surface area contributed by atoms with Gasteiger partial charge in [-0.05, 0) is 43.4 Å². The number of hydrogen-bond donors (Lipinski definition) is 1. The van der Waals surface area contributed by atoms with Crippen molar-refractivity contribution in [2.75, 3.05) is 19.6 Å². The fourth-order valence-electron chi connectivity index (χ4n) is 5.58. The minimum absolute atomic E-state index is 0.0700. The lowest BCUT2D eigenvalue weighted by atomic mass is 9.81. The zero-order valence-corrected chi connectivity index (χ0v) is 19.9. The number of rotatable bonds is 6. The monoisotopic (exact) mass is 472 g/mol. The number of hydrogen-bond acceptors (Lipinski definition) is 4. The van der Waals surface area contributed by atoms with Crippen molar-refractivity contribution in [3.8, 4) is 0 Å². The number of imide groups is 1. The highest BCUT2D eigenvalue weighted by molar-refractivity contribution is 5.99. The van der Waals surface area contributed by atoms with Gasteiger partial charge in [0.1, 0.15) is 12.4 Å². The van der Waals surface area contributed by atoms with Crippen LogP contribution < -0.4 is 5.32 Å². The first kappa shape index (κ1) is 24.2. The SMILES string of the molecule is CCC(CC)N1CCN(C(=O)c2cc(CN3C(=O)NC(=O)C4CCCCC43)ccc2F)CC1=O. The van der Waals surface area contributed by atoms with Crippen molar-refractivity contribution >= 4 is 23.8 Å². The Labute approximate surface area is 199 Å². The van der Waals surface area contributed by atoms with Gasteiger partial charge in [-0.25, -0.2) is 9.18 Å². The molecule has 1 aromatic rings. The summed E-state index contributed by atoms with van der Waals surface area (Å²) in [6, 6.07) is 3.77. The second-order valence-corrected chi connectivity index (χ2v) is 9.48. The number of fused-ring (bicyclic) bond motifs is 1. The lowest BCUT2D eigenvalue weighted by molar-refractivity contribution is -0.137. The van der Waals surface area contributed by atoms with Gasteiger partial charge in [-0.1, -0.05) is 32.8 Å². The standard InChI is InChI=1S/C25H33FN4O4/c1-3-17(4-2)29-12-11-28(15-22(29)31)24(33)19-13-16(9-10-20(19)26)14-30-21-8-6-5-7-18(21)23(32)27-25(30)34/h9-10,13,17-18,21H,3-8,11-12,14-15H2,1-2H3,(H,27,32,34). The number of carbonyl (C=O) groups is 4. The van der Waals surface area contributed by atoms with Gasteiger partial charge >= 0.3 is 6.03 Å². The molecule has 2 saturated heterocycles. The first-order valence-corrected chi connectivity index (χ1v) is 12.3. The topological polar surface area (TPSA) is 90.0 Å². The molecule has 3 aliphatic rings. The van der Waals surface area contributed by atoms with Crippen LogP contribution in [0.1, 0.15) is 68.3 Å². The van der Waals surface area contributed by atoms with Gasteiger partial charge in [0.15, 0.2) is 0 Å². The summed E-state index contributed by atoms with van der Waals surface area (Å²) >= 11 is 0. The average Bonchev–Trinajstić information content (AvgIpc) is 2.84. The van der Waals surface area contributed by atoms with E-state index in [1.54, 1.807) is 11.0 Å². The normalized spacial score (nSPS) is 23.3. The molecule has 0 aromatic heterocycles. The number of piperazine rings is 1. The highest BCUT2D eigenvalue weighted by Gasteiger charge is 2.42. The molecule has 2 atom stereocenters. The van der Waals surface area contributed by atoms with E-state index >= 15 is 0 Å². The summed E-state index contributed by atoms with van der Waals surface area (Å²) in [7, 11) is 0. The first-order chi connectivity index (χ1) is 16.3. The smallest absolute Gasteiger partial charge is 0.324 e. The second-order valence-electron chi connectivity index (χ2n) is 9.48. The molecule has 34 heavy (non-hydrogen) atoms. The summed E-state index contributed by atoms with van der Waals surface area (Å²) in [5, 5.41) is 2.43. The van der Waals surface area contributed by atoms with E-state index in [4.69, 9.17) is 0 Å². The molecule has 1 N–H and O–H groups in total. The number of nitrogens with zero attached hydrogens (tertiary/aromatic N) is 3. The molecule has 0 bridgehead atoms. The van der Waals surface area contributed by atoms with Crippen LogP contribution in [-0.4, -0.2) is 70.2 Å². The summed E-state index contributed by atoms with van der Waals surface area (Å²) in [6.07, 6.45) is 5.09. The van der Waals surface area contributed by atoms with Crippen molar-refractivity contribution < 1.29 is 23.6 Å². The summed E-state index contributed by atoms with van der Waals surface area (Å²) in [5.41, 5.74) is 0.510. The molecule has 0 radical (unpaired) electrons. The lowest BCUT2D eigenvalue weighted by Gasteiger charge is -2.43. The number of benzene rings is 1. The fourth-order valence-corrected chi connectivity index (χ4v) is 5.58. The average molecular weight is 473 g/mol. The van der Waals surface area contributed by atoms with E-state index in [1.165, 1.54) is 17.0 Å². The van der Waals surface area contributed by atoms with Crippen molar-refractivity contribution in [3.05, 3.63) is 35.1 Å². The van der Waals surface area contributed by atoms with Crippen LogP contribution in [0.4, 0.5) is 9.18 Å². The Morgan fingerprint density at radius 3 is 2.56 bits per heavy atom. The Morgan fingerprint density at radius 2 is 1.85 bits per heavy atom. The molecule has 2 aliphatic heterocycles. The molecule has 0 spiro atoms. The van der Waals surface area contributed by atoms with Gasteiger partial charge in [0, 0.05) is 31.7 Å². The second kappa shape index (κ2) is 10.1. The molecule has 1 saturated carbocycles. The van der Waals surface area contributed by atoms with E-state index in [2.05, 4.69) is 5.32 Å². The number of halogens is 1. The molecule has 1 aromatic carbocycles. The Bertz CT molecular complexity index is 980. The summed E-state index contributed by atoms with van der Waals surface area (Å²) in [5.74, 6) is -1.76. The molecule has 1 aliphatic carbocycles. The molecule has 4 rings (SSSR count). The van der Waals surface area contributed by atoms with Gasteiger partial charge in [-0.3, -0.25) is 19.7 Å². The van der Waals surface area contributed by atoms with Crippen molar-refractivity contribution in [2.24, 2.45) is 5.92 Å². The highest BCUT2D eigenvalue weighted by atomic mass is 19.1. The van der Waals surface area contributed by atoms with Crippen LogP contribution in [0.3, 0.4) is 0 Å². The van der Waals surface area contributed by atoms with Crippen LogP contribution in [0.2, 0.25) is 0 Å². The van der Waals surface area contributed by atoms with E-state index in [-0.39, 0.29) is 48.5 Å². The van der Waals surface area contributed by atoms with Gasteiger partial charge in [-0.15, -0.1) is 0 Å². The quantitative estimate of drug-likeness (QED) is 0.689. The number of carbonyl (C=O) groups excluding carboxylic acids is 4. The Morgan fingerprint density at radius 1 is 1.12 bits per heavy atom. The van der Waals surface area contributed by atoms with Gasteiger partial charge in [-0.2, -0.15) is 0 Å². The number of amides is 5. The van der Waals surface area contributed by atoms with Gasteiger partial charge < -0.3 is 14.7 Å². The molecular formula is C25H33FN4O4. The van der Waals surface area contributed by atoms with Crippen LogP contribution in [0, 0.1) is 11.7 Å². The number of nitrogens with one attached hydrogen (secondary N) is 1. The Kier molecular flexibility index (Phi) is 7.19.